The summed E-state index contributed by atoms with van der Waals surface area (Å²) in [5.41, 5.74) is 1.04. The molecule has 1 aromatic carbocycles. The Labute approximate surface area is 172 Å². The molecule has 0 atom stereocenters. The molecule has 0 bridgehead atoms. The van der Waals surface area contributed by atoms with Crippen molar-refractivity contribution in [3.63, 3.8) is 0 Å². The standard InChI is InChI=1S/C20H23N5O3S/c1-5-22-18(27)16(11-21)20-25(6-2)19(28)17(29-20)12-23-14-8-7-9-15(10-14)24(4)13(3)26/h7-10,12,23H,5-6H2,1-4H3,(H,22,27)/b17-12+,20-16-. The molecule has 0 aliphatic heterocycles. The minimum atomic E-state index is -0.502. The Hall–Kier alpha value is -3.38. The number of amides is 2. The number of nitrogens with zero attached hydrogens (tertiary/aromatic N) is 3. The summed E-state index contributed by atoms with van der Waals surface area (Å²) in [6.07, 6.45) is 1.54. The van der Waals surface area contributed by atoms with Crippen LogP contribution in [-0.2, 0) is 16.1 Å². The maximum absolute atomic E-state index is 12.7. The summed E-state index contributed by atoms with van der Waals surface area (Å²) in [5, 5.41) is 15.1. The van der Waals surface area contributed by atoms with Crippen molar-refractivity contribution < 1.29 is 9.59 Å². The molecule has 0 aliphatic carbocycles. The highest BCUT2D eigenvalue weighted by molar-refractivity contribution is 7.07. The Morgan fingerprint density at radius 3 is 2.66 bits per heavy atom. The Morgan fingerprint density at radius 2 is 2.07 bits per heavy atom. The lowest BCUT2D eigenvalue weighted by atomic mass is 10.2. The summed E-state index contributed by atoms with van der Waals surface area (Å²) in [6.45, 7) is 5.74. The van der Waals surface area contributed by atoms with Crippen molar-refractivity contribution in [3.05, 3.63) is 43.8 Å². The monoisotopic (exact) mass is 413 g/mol. The third-order valence-corrected chi connectivity index (χ3v) is 5.32. The van der Waals surface area contributed by atoms with Crippen molar-refractivity contribution in [2.75, 3.05) is 23.8 Å². The number of benzene rings is 1. The highest BCUT2D eigenvalue weighted by Gasteiger charge is 2.14. The van der Waals surface area contributed by atoms with Crippen molar-refractivity contribution in [1.29, 1.82) is 5.26 Å². The van der Waals surface area contributed by atoms with Gasteiger partial charge in [0.1, 0.15) is 15.3 Å². The van der Waals surface area contributed by atoms with E-state index in [4.69, 9.17) is 0 Å². The van der Waals surface area contributed by atoms with E-state index in [0.717, 1.165) is 11.3 Å². The average molecular weight is 414 g/mol. The fourth-order valence-corrected chi connectivity index (χ4v) is 3.66. The lowest BCUT2D eigenvalue weighted by Crippen LogP contribution is -2.34. The van der Waals surface area contributed by atoms with E-state index in [2.05, 4.69) is 10.6 Å². The van der Waals surface area contributed by atoms with Crippen molar-refractivity contribution in [2.45, 2.75) is 27.3 Å². The molecule has 0 fully saturated rings. The molecule has 2 aromatic rings. The minimum absolute atomic E-state index is 0.0828. The van der Waals surface area contributed by atoms with Gasteiger partial charge in [0.15, 0.2) is 5.57 Å². The van der Waals surface area contributed by atoms with Gasteiger partial charge in [0.2, 0.25) is 5.91 Å². The molecule has 0 radical (unpaired) electrons. The third-order valence-electron chi connectivity index (χ3n) is 4.19. The molecule has 8 nitrogen and oxygen atoms in total. The van der Waals surface area contributed by atoms with E-state index in [-0.39, 0.29) is 17.0 Å². The van der Waals surface area contributed by atoms with Crippen LogP contribution in [0.15, 0.2) is 29.1 Å². The zero-order valence-electron chi connectivity index (χ0n) is 16.8. The number of rotatable bonds is 6. The van der Waals surface area contributed by atoms with Gasteiger partial charge in [-0.3, -0.25) is 19.0 Å². The smallest absolute Gasteiger partial charge is 0.270 e. The summed E-state index contributed by atoms with van der Waals surface area (Å²) in [4.78, 5) is 37.9. The number of thiazole rings is 1. The summed E-state index contributed by atoms with van der Waals surface area (Å²) in [7, 11) is 1.68. The minimum Gasteiger partial charge on any atom is -0.360 e. The number of hydrogen-bond acceptors (Lipinski definition) is 6. The van der Waals surface area contributed by atoms with Crippen LogP contribution in [-0.4, -0.2) is 30.0 Å². The summed E-state index contributed by atoms with van der Waals surface area (Å²) in [5.74, 6) is -0.595. The maximum atomic E-state index is 12.7. The highest BCUT2D eigenvalue weighted by atomic mass is 32.1. The van der Waals surface area contributed by atoms with Crippen molar-refractivity contribution >= 4 is 46.3 Å². The second kappa shape index (κ2) is 9.71. The second-order valence-electron chi connectivity index (χ2n) is 6.08. The van der Waals surface area contributed by atoms with Crippen LogP contribution in [0, 0.1) is 11.3 Å². The molecular formula is C20H23N5O3S. The number of anilines is 2. The summed E-state index contributed by atoms with van der Waals surface area (Å²) in [6, 6.07) is 9.10. The second-order valence-corrected chi connectivity index (χ2v) is 7.11. The van der Waals surface area contributed by atoms with Gasteiger partial charge in [0.05, 0.1) is 0 Å². The van der Waals surface area contributed by atoms with Gasteiger partial charge in [-0.2, -0.15) is 5.26 Å². The van der Waals surface area contributed by atoms with E-state index in [1.165, 1.54) is 16.4 Å². The third kappa shape index (κ3) is 4.92. The van der Waals surface area contributed by atoms with Gasteiger partial charge >= 0.3 is 0 Å². The van der Waals surface area contributed by atoms with E-state index in [1.54, 1.807) is 45.3 Å². The zero-order chi connectivity index (χ0) is 21.6. The number of nitriles is 1. The van der Waals surface area contributed by atoms with Gasteiger partial charge in [0, 0.05) is 44.6 Å². The molecule has 9 heteroatoms. The first-order valence-corrected chi connectivity index (χ1v) is 9.89. The van der Waals surface area contributed by atoms with Crippen molar-refractivity contribution in [2.24, 2.45) is 0 Å². The van der Waals surface area contributed by atoms with E-state index in [1.807, 2.05) is 12.1 Å². The first-order chi connectivity index (χ1) is 13.8. The van der Waals surface area contributed by atoms with Crippen LogP contribution in [0.5, 0.6) is 0 Å². The Morgan fingerprint density at radius 1 is 1.34 bits per heavy atom. The number of hydrogen-bond donors (Lipinski definition) is 2. The quantitative estimate of drug-likeness (QED) is 0.720. The van der Waals surface area contributed by atoms with Crippen LogP contribution < -0.4 is 30.3 Å². The fourth-order valence-electron chi connectivity index (χ4n) is 2.57. The Balaban J connectivity index is 2.51. The first-order valence-electron chi connectivity index (χ1n) is 9.07. The average Bonchev–Trinajstić information content (AvgIpc) is 3.02. The van der Waals surface area contributed by atoms with Crippen LogP contribution in [0.4, 0.5) is 11.4 Å². The largest absolute Gasteiger partial charge is 0.360 e. The fraction of sp³-hybridized carbons (Fsp3) is 0.300. The number of carbonyl (C=O) groups excluding carboxylic acids is 2. The zero-order valence-corrected chi connectivity index (χ0v) is 17.6. The summed E-state index contributed by atoms with van der Waals surface area (Å²) >= 11 is 1.08. The number of nitrogens with one attached hydrogen (secondary N) is 2. The molecule has 1 aromatic heterocycles. The van der Waals surface area contributed by atoms with E-state index in [0.29, 0.717) is 33.7 Å². The molecule has 2 N–H and O–H groups in total. The normalized spacial score (nSPS) is 12.2. The molecule has 0 spiro atoms. The molecule has 2 rings (SSSR count). The van der Waals surface area contributed by atoms with Gasteiger partial charge in [-0.1, -0.05) is 6.07 Å². The predicted molar refractivity (Wildman–Crippen MR) is 115 cm³/mol. The first kappa shape index (κ1) is 21.9. The Bertz CT molecular complexity index is 1140. The van der Waals surface area contributed by atoms with E-state index >= 15 is 0 Å². The Kier molecular flexibility index (Phi) is 7.33. The highest BCUT2D eigenvalue weighted by Crippen LogP contribution is 2.18. The van der Waals surface area contributed by atoms with E-state index in [9.17, 15) is 19.6 Å². The molecule has 0 saturated heterocycles. The predicted octanol–water partition coefficient (Wildman–Crippen LogP) is 0.573. The van der Waals surface area contributed by atoms with Gasteiger partial charge < -0.3 is 15.5 Å². The molecule has 29 heavy (non-hydrogen) atoms. The summed E-state index contributed by atoms with van der Waals surface area (Å²) < 4.78 is 2.10. The molecule has 1 heterocycles. The number of carbonyl (C=O) groups is 2. The van der Waals surface area contributed by atoms with Gasteiger partial charge in [-0.25, -0.2) is 0 Å². The maximum Gasteiger partial charge on any atom is 0.270 e. The topological polar surface area (TPSA) is 107 Å². The van der Waals surface area contributed by atoms with Gasteiger partial charge in [-0.05, 0) is 32.0 Å². The van der Waals surface area contributed by atoms with Gasteiger partial charge in [-0.15, -0.1) is 11.3 Å². The molecule has 2 amide bonds. The van der Waals surface area contributed by atoms with Crippen molar-refractivity contribution in [1.82, 2.24) is 9.88 Å². The SMILES string of the molecule is CCNC(=O)/C(C#N)=c1\s/c(=C/Nc2cccc(N(C)C(C)=O)c2)c(=O)n1CC. The molecule has 152 valence electrons. The van der Waals surface area contributed by atoms with Gasteiger partial charge in [0.25, 0.3) is 11.5 Å². The van der Waals surface area contributed by atoms with Crippen LogP contribution in [0.2, 0.25) is 0 Å². The van der Waals surface area contributed by atoms with Crippen LogP contribution in [0.3, 0.4) is 0 Å². The lowest BCUT2D eigenvalue weighted by Gasteiger charge is -2.15. The number of aromatic nitrogens is 1. The lowest BCUT2D eigenvalue weighted by molar-refractivity contribution is -0.116. The van der Waals surface area contributed by atoms with Crippen LogP contribution in [0.25, 0.3) is 11.8 Å². The van der Waals surface area contributed by atoms with Crippen LogP contribution in [0.1, 0.15) is 20.8 Å². The molecule has 0 unspecified atom stereocenters. The molecule has 0 saturated carbocycles. The van der Waals surface area contributed by atoms with E-state index < -0.39 is 5.91 Å². The molecular weight excluding hydrogens is 390 g/mol. The van der Waals surface area contributed by atoms with Crippen LogP contribution >= 0.6 is 11.3 Å². The molecule has 0 aliphatic rings. The van der Waals surface area contributed by atoms with Crippen molar-refractivity contribution in [3.8, 4) is 6.07 Å².